The van der Waals surface area contributed by atoms with Crippen LogP contribution in [0.25, 0.3) is 0 Å². The Balaban J connectivity index is 2.48. The molecule has 2 nitrogen and oxygen atoms in total. The standard InChI is InChI=1S/C13H9F2NO/c14-10-7-11(15)12(16)6-9(10)13(17)8-4-2-1-3-5-8/h1-7H,16H2. The molecule has 0 aliphatic rings. The molecule has 0 saturated heterocycles. The largest absolute Gasteiger partial charge is 0.396 e. The number of rotatable bonds is 2. The molecule has 0 aromatic heterocycles. The molecule has 4 heteroatoms. The van der Waals surface area contributed by atoms with Crippen molar-refractivity contribution in [2.75, 3.05) is 5.73 Å². The summed E-state index contributed by atoms with van der Waals surface area (Å²) in [4.78, 5) is 11.9. The van der Waals surface area contributed by atoms with Gasteiger partial charge in [-0.3, -0.25) is 4.79 Å². The number of benzene rings is 2. The van der Waals surface area contributed by atoms with Crippen molar-refractivity contribution in [3.8, 4) is 0 Å². The van der Waals surface area contributed by atoms with Gasteiger partial charge in [0.15, 0.2) is 5.78 Å². The summed E-state index contributed by atoms with van der Waals surface area (Å²) in [6, 6.07) is 9.82. The van der Waals surface area contributed by atoms with E-state index >= 15 is 0 Å². The molecule has 2 N–H and O–H groups in total. The Morgan fingerprint density at radius 1 is 1.00 bits per heavy atom. The van der Waals surface area contributed by atoms with E-state index in [4.69, 9.17) is 5.73 Å². The van der Waals surface area contributed by atoms with E-state index in [9.17, 15) is 13.6 Å². The van der Waals surface area contributed by atoms with Crippen molar-refractivity contribution in [3.63, 3.8) is 0 Å². The van der Waals surface area contributed by atoms with Crippen LogP contribution in [0.3, 0.4) is 0 Å². The van der Waals surface area contributed by atoms with Gasteiger partial charge in [0.2, 0.25) is 0 Å². The summed E-state index contributed by atoms with van der Waals surface area (Å²) in [6.07, 6.45) is 0. The van der Waals surface area contributed by atoms with Crippen molar-refractivity contribution in [3.05, 3.63) is 65.2 Å². The highest BCUT2D eigenvalue weighted by Crippen LogP contribution is 2.19. The van der Waals surface area contributed by atoms with E-state index in [1.165, 1.54) is 0 Å². The Morgan fingerprint density at radius 2 is 1.65 bits per heavy atom. The smallest absolute Gasteiger partial charge is 0.196 e. The molecular weight excluding hydrogens is 224 g/mol. The average molecular weight is 233 g/mol. The minimum atomic E-state index is -0.912. The maximum absolute atomic E-state index is 13.5. The number of nitrogen functional groups attached to an aromatic ring is 1. The number of hydrogen-bond acceptors (Lipinski definition) is 2. The first-order valence-electron chi connectivity index (χ1n) is 4.94. The molecule has 0 unspecified atom stereocenters. The molecule has 0 fully saturated rings. The van der Waals surface area contributed by atoms with Gasteiger partial charge in [-0.25, -0.2) is 8.78 Å². The highest BCUT2D eigenvalue weighted by molar-refractivity contribution is 6.09. The lowest BCUT2D eigenvalue weighted by atomic mass is 10.0. The molecule has 0 amide bonds. The van der Waals surface area contributed by atoms with Gasteiger partial charge >= 0.3 is 0 Å². The van der Waals surface area contributed by atoms with Gasteiger partial charge < -0.3 is 5.73 Å². The highest BCUT2D eigenvalue weighted by Gasteiger charge is 2.16. The number of anilines is 1. The molecule has 0 aliphatic carbocycles. The van der Waals surface area contributed by atoms with Crippen LogP contribution in [0.15, 0.2) is 42.5 Å². The van der Waals surface area contributed by atoms with Gasteiger partial charge in [-0.1, -0.05) is 30.3 Å². The Bertz CT molecular complexity index is 567. The van der Waals surface area contributed by atoms with E-state index in [1.54, 1.807) is 30.3 Å². The zero-order chi connectivity index (χ0) is 12.4. The maximum atomic E-state index is 13.5. The maximum Gasteiger partial charge on any atom is 0.196 e. The molecule has 2 rings (SSSR count). The average Bonchev–Trinajstić information content (AvgIpc) is 2.34. The normalized spacial score (nSPS) is 10.2. The van der Waals surface area contributed by atoms with Gasteiger partial charge in [0.25, 0.3) is 0 Å². The van der Waals surface area contributed by atoms with Crippen molar-refractivity contribution in [2.24, 2.45) is 0 Å². The fraction of sp³-hybridized carbons (Fsp3) is 0. The molecule has 2 aromatic carbocycles. The Kier molecular flexibility index (Phi) is 2.87. The van der Waals surface area contributed by atoms with Crippen molar-refractivity contribution < 1.29 is 13.6 Å². The van der Waals surface area contributed by atoms with Crippen molar-refractivity contribution in [1.82, 2.24) is 0 Å². The minimum Gasteiger partial charge on any atom is -0.396 e. The van der Waals surface area contributed by atoms with E-state index < -0.39 is 17.4 Å². The highest BCUT2D eigenvalue weighted by atomic mass is 19.1. The predicted molar refractivity (Wildman–Crippen MR) is 60.6 cm³/mol. The number of ketones is 1. The number of carbonyl (C=O) groups excluding carboxylic acids is 1. The van der Waals surface area contributed by atoms with E-state index in [1.807, 2.05) is 0 Å². The van der Waals surface area contributed by atoms with Crippen LogP contribution in [0.5, 0.6) is 0 Å². The van der Waals surface area contributed by atoms with Gasteiger partial charge in [0.05, 0.1) is 11.3 Å². The molecule has 0 heterocycles. The van der Waals surface area contributed by atoms with Gasteiger partial charge in [-0.05, 0) is 6.07 Å². The number of hydrogen-bond donors (Lipinski definition) is 1. The van der Waals surface area contributed by atoms with Crippen molar-refractivity contribution in [2.45, 2.75) is 0 Å². The molecule has 0 saturated carbocycles. The van der Waals surface area contributed by atoms with Crippen LogP contribution >= 0.6 is 0 Å². The first-order valence-corrected chi connectivity index (χ1v) is 4.94. The molecule has 0 atom stereocenters. The van der Waals surface area contributed by atoms with Crippen LogP contribution in [0, 0.1) is 11.6 Å². The molecule has 0 spiro atoms. The lowest BCUT2D eigenvalue weighted by molar-refractivity contribution is 0.103. The van der Waals surface area contributed by atoms with Gasteiger partial charge in [0.1, 0.15) is 11.6 Å². The summed E-state index contributed by atoms with van der Waals surface area (Å²) in [5, 5.41) is 0. The Labute approximate surface area is 96.7 Å². The van der Waals surface area contributed by atoms with E-state index in [2.05, 4.69) is 0 Å². The molecule has 17 heavy (non-hydrogen) atoms. The lowest BCUT2D eigenvalue weighted by Gasteiger charge is -2.04. The summed E-state index contributed by atoms with van der Waals surface area (Å²) in [7, 11) is 0. The van der Waals surface area contributed by atoms with E-state index in [-0.39, 0.29) is 11.3 Å². The summed E-state index contributed by atoms with van der Waals surface area (Å²) in [5.41, 5.74) is 5.17. The molecule has 2 aromatic rings. The zero-order valence-electron chi connectivity index (χ0n) is 8.78. The van der Waals surface area contributed by atoms with Gasteiger partial charge in [0, 0.05) is 11.6 Å². The second kappa shape index (κ2) is 4.33. The summed E-state index contributed by atoms with van der Waals surface area (Å²) in [6.45, 7) is 0. The van der Waals surface area contributed by atoms with Crippen LogP contribution in [0.1, 0.15) is 15.9 Å². The van der Waals surface area contributed by atoms with Crippen LogP contribution in [-0.4, -0.2) is 5.78 Å². The second-order valence-electron chi connectivity index (χ2n) is 3.55. The van der Waals surface area contributed by atoms with Crippen LogP contribution in [0.4, 0.5) is 14.5 Å². The van der Waals surface area contributed by atoms with Gasteiger partial charge in [-0.15, -0.1) is 0 Å². The summed E-state index contributed by atoms with van der Waals surface area (Å²) >= 11 is 0. The number of halogens is 2. The topological polar surface area (TPSA) is 43.1 Å². The second-order valence-corrected chi connectivity index (χ2v) is 3.55. The quantitative estimate of drug-likeness (QED) is 0.640. The fourth-order valence-electron chi connectivity index (χ4n) is 1.48. The van der Waals surface area contributed by atoms with Crippen molar-refractivity contribution >= 4 is 11.5 Å². The molecular formula is C13H9F2NO. The minimum absolute atomic E-state index is 0.227. The molecule has 0 bridgehead atoms. The fourth-order valence-corrected chi connectivity index (χ4v) is 1.48. The van der Waals surface area contributed by atoms with Gasteiger partial charge in [-0.2, -0.15) is 0 Å². The van der Waals surface area contributed by atoms with E-state index in [0.717, 1.165) is 6.07 Å². The van der Waals surface area contributed by atoms with Crippen LogP contribution in [0.2, 0.25) is 0 Å². The monoisotopic (exact) mass is 233 g/mol. The number of nitrogens with two attached hydrogens (primary N) is 1. The first-order chi connectivity index (χ1) is 8.09. The third-order valence-corrected chi connectivity index (χ3v) is 2.37. The third-order valence-electron chi connectivity index (χ3n) is 2.37. The zero-order valence-corrected chi connectivity index (χ0v) is 8.78. The molecule has 86 valence electrons. The SMILES string of the molecule is Nc1cc(C(=O)c2ccccc2)c(F)cc1F. The summed E-state index contributed by atoms with van der Waals surface area (Å²) < 4.78 is 26.4. The predicted octanol–water partition coefficient (Wildman–Crippen LogP) is 2.78. The molecule has 0 aliphatic heterocycles. The lowest BCUT2D eigenvalue weighted by Crippen LogP contribution is -2.06. The first kappa shape index (κ1) is 11.3. The van der Waals surface area contributed by atoms with E-state index in [0.29, 0.717) is 11.6 Å². The van der Waals surface area contributed by atoms with Crippen LogP contribution in [-0.2, 0) is 0 Å². The Morgan fingerprint density at radius 3 is 2.29 bits per heavy atom. The third kappa shape index (κ3) is 2.15. The molecule has 0 radical (unpaired) electrons. The Hall–Kier alpha value is -2.23. The van der Waals surface area contributed by atoms with Crippen molar-refractivity contribution in [1.29, 1.82) is 0 Å². The number of carbonyl (C=O) groups is 1. The summed E-state index contributed by atoms with van der Waals surface area (Å²) in [5.74, 6) is -2.30. The van der Waals surface area contributed by atoms with Crippen LogP contribution < -0.4 is 5.73 Å².